The van der Waals surface area contributed by atoms with Crippen molar-refractivity contribution in [1.82, 2.24) is 10.2 Å². The van der Waals surface area contributed by atoms with Gasteiger partial charge in [0, 0.05) is 44.2 Å². The smallest absolute Gasteiger partial charge is 0.239 e. The maximum absolute atomic E-state index is 12.0. The molecule has 0 spiro atoms. The van der Waals surface area contributed by atoms with Gasteiger partial charge in [0.2, 0.25) is 23.6 Å². The van der Waals surface area contributed by atoms with Gasteiger partial charge in [-0.05, 0) is 24.6 Å². The van der Waals surface area contributed by atoms with Crippen LogP contribution in [0, 0.1) is 0 Å². The molecule has 8 heteroatoms. The van der Waals surface area contributed by atoms with Crippen LogP contribution in [0.15, 0.2) is 24.3 Å². The Morgan fingerprint density at radius 3 is 2.56 bits per heavy atom. The van der Waals surface area contributed by atoms with Crippen LogP contribution in [0.5, 0.6) is 0 Å². The standard InChI is InChI=1S/C17H22N4O4/c1-12(22)19-13-4-2-5-14(10-13)20-15(23)6-3-7-17(25)21-9-8-18-16(24)11-21/h2,4-5,10H,3,6-9,11H2,1H3,(H,18,24)(H,19,22)(H,20,23). The maximum Gasteiger partial charge on any atom is 0.239 e. The van der Waals surface area contributed by atoms with E-state index in [1.165, 1.54) is 11.8 Å². The van der Waals surface area contributed by atoms with Crippen LogP contribution in [-0.2, 0) is 19.2 Å². The zero-order valence-corrected chi connectivity index (χ0v) is 14.1. The molecule has 3 N–H and O–H groups in total. The number of amides is 4. The quantitative estimate of drug-likeness (QED) is 0.705. The molecule has 4 amide bonds. The van der Waals surface area contributed by atoms with Crippen molar-refractivity contribution in [3.8, 4) is 0 Å². The lowest BCUT2D eigenvalue weighted by Crippen LogP contribution is -2.49. The van der Waals surface area contributed by atoms with Crippen molar-refractivity contribution < 1.29 is 19.2 Å². The molecule has 134 valence electrons. The summed E-state index contributed by atoms with van der Waals surface area (Å²) in [5.74, 6) is -0.663. The van der Waals surface area contributed by atoms with Crippen LogP contribution in [0.3, 0.4) is 0 Å². The fourth-order valence-electron chi connectivity index (χ4n) is 2.51. The summed E-state index contributed by atoms with van der Waals surface area (Å²) >= 11 is 0. The van der Waals surface area contributed by atoms with Crippen molar-refractivity contribution in [3.05, 3.63) is 24.3 Å². The first kappa shape index (κ1) is 18.4. The SMILES string of the molecule is CC(=O)Nc1cccc(NC(=O)CCCC(=O)N2CCNC(=O)C2)c1. The molecule has 0 radical (unpaired) electrons. The molecule has 8 nitrogen and oxygen atoms in total. The lowest BCUT2D eigenvalue weighted by Gasteiger charge is -2.26. The number of anilines is 2. The molecule has 1 aromatic rings. The Bertz CT molecular complexity index is 674. The molecule has 1 saturated heterocycles. The van der Waals surface area contributed by atoms with Gasteiger partial charge in [-0.3, -0.25) is 19.2 Å². The van der Waals surface area contributed by atoms with Gasteiger partial charge in [-0.2, -0.15) is 0 Å². The predicted octanol–water partition coefficient (Wildman–Crippen LogP) is 0.712. The minimum atomic E-state index is -0.204. The number of rotatable bonds is 6. The molecule has 2 rings (SSSR count). The molecule has 0 aromatic heterocycles. The Morgan fingerprint density at radius 2 is 1.88 bits per heavy atom. The van der Waals surface area contributed by atoms with Crippen molar-refractivity contribution >= 4 is 35.0 Å². The van der Waals surface area contributed by atoms with Gasteiger partial charge < -0.3 is 20.9 Å². The maximum atomic E-state index is 12.0. The van der Waals surface area contributed by atoms with Crippen molar-refractivity contribution in [1.29, 1.82) is 0 Å². The van der Waals surface area contributed by atoms with Gasteiger partial charge >= 0.3 is 0 Å². The van der Waals surface area contributed by atoms with Crippen LogP contribution >= 0.6 is 0 Å². The molecule has 1 aliphatic rings. The van der Waals surface area contributed by atoms with E-state index in [1.54, 1.807) is 24.3 Å². The third kappa shape index (κ3) is 6.25. The van der Waals surface area contributed by atoms with E-state index in [-0.39, 0.29) is 43.0 Å². The van der Waals surface area contributed by atoms with E-state index in [0.717, 1.165) is 0 Å². The Labute approximate surface area is 145 Å². The zero-order valence-electron chi connectivity index (χ0n) is 14.1. The zero-order chi connectivity index (χ0) is 18.2. The number of nitrogens with zero attached hydrogens (tertiary/aromatic N) is 1. The number of carbonyl (C=O) groups excluding carboxylic acids is 4. The minimum Gasteiger partial charge on any atom is -0.353 e. The van der Waals surface area contributed by atoms with Crippen molar-refractivity contribution in [3.63, 3.8) is 0 Å². The number of hydrogen-bond acceptors (Lipinski definition) is 4. The molecule has 0 unspecified atom stereocenters. The van der Waals surface area contributed by atoms with E-state index < -0.39 is 0 Å². The van der Waals surface area contributed by atoms with E-state index in [1.807, 2.05) is 0 Å². The van der Waals surface area contributed by atoms with Gasteiger partial charge in [-0.1, -0.05) is 6.07 Å². The predicted molar refractivity (Wildman–Crippen MR) is 92.8 cm³/mol. The Balaban J connectivity index is 1.74. The summed E-state index contributed by atoms with van der Waals surface area (Å²) in [6.07, 6.45) is 0.844. The summed E-state index contributed by atoms with van der Waals surface area (Å²) in [6, 6.07) is 6.84. The second kappa shape index (κ2) is 8.81. The monoisotopic (exact) mass is 346 g/mol. The van der Waals surface area contributed by atoms with Crippen LogP contribution in [0.1, 0.15) is 26.2 Å². The molecule has 0 bridgehead atoms. The molecule has 1 heterocycles. The van der Waals surface area contributed by atoms with E-state index >= 15 is 0 Å². The third-order valence-corrected chi connectivity index (χ3v) is 3.65. The topological polar surface area (TPSA) is 108 Å². The average Bonchev–Trinajstić information content (AvgIpc) is 2.54. The molecule has 0 aliphatic carbocycles. The number of piperazine rings is 1. The molecule has 25 heavy (non-hydrogen) atoms. The third-order valence-electron chi connectivity index (χ3n) is 3.65. The van der Waals surface area contributed by atoms with Crippen molar-refractivity contribution in [2.45, 2.75) is 26.2 Å². The molecular formula is C17H22N4O4. The molecule has 0 saturated carbocycles. The summed E-state index contributed by atoms with van der Waals surface area (Å²) in [4.78, 5) is 47.8. The van der Waals surface area contributed by atoms with Crippen LogP contribution in [-0.4, -0.2) is 48.2 Å². The first-order valence-electron chi connectivity index (χ1n) is 8.16. The molecular weight excluding hydrogens is 324 g/mol. The normalized spacial score (nSPS) is 13.8. The summed E-state index contributed by atoms with van der Waals surface area (Å²) in [7, 11) is 0. The Morgan fingerprint density at radius 1 is 1.16 bits per heavy atom. The second-order valence-electron chi connectivity index (χ2n) is 5.83. The number of nitrogens with one attached hydrogen (secondary N) is 3. The van der Waals surface area contributed by atoms with Crippen molar-refractivity contribution in [2.75, 3.05) is 30.3 Å². The highest BCUT2D eigenvalue weighted by Gasteiger charge is 2.20. The van der Waals surface area contributed by atoms with E-state index in [9.17, 15) is 19.2 Å². The van der Waals surface area contributed by atoms with Gasteiger partial charge in [-0.15, -0.1) is 0 Å². The van der Waals surface area contributed by atoms with Gasteiger partial charge in [0.25, 0.3) is 0 Å². The number of carbonyl (C=O) groups is 4. The first-order valence-corrected chi connectivity index (χ1v) is 8.16. The first-order chi connectivity index (χ1) is 11.9. The number of benzene rings is 1. The van der Waals surface area contributed by atoms with E-state index in [4.69, 9.17) is 0 Å². The molecule has 1 aromatic carbocycles. The fraction of sp³-hybridized carbons (Fsp3) is 0.412. The Hall–Kier alpha value is -2.90. The van der Waals surface area contributed by atoms with Gasteiger partial charge in [-0.25, -0.2) is 0 Å². The van der Waals surface area contributed by atoms with Crippen LogP contribution < -0.4 is 16.0 Å². The summed E-state index contributed by atoms with van der Waals surface area (Å²) in [6.45, 7) is 2.47. The number of hydrogen-bond donors (Lipinski definition) is 3. The van der Waals surface area contributed by atoms with Crippen LogP contribution in [0.4, 0.5) is 11.4 Å². The average molecular weight is 346 g/mol. The highest BCUT2D eigenvalue weighted by molar-refractivity contribution is 5.93. The van der Waals surface area contributed by atoms with Gasteiger partial charge in [0.05, 0.1) is 6.54 Å². The summed E-state index contributed by atoms with van der Waals surface area (Å²) in [5.41, 5.74) is 1.18. The lowest BCUT2D eigenvalue weighted by molar-refractivity contribution is -0.138. The Kier molecular flexibility index (Phi) is 6.50. The largest absolute Gasteiger partial charge is 0.353 e. The minimum absolute atomic E-state index is 0.0843. The van der Waals surface area contributed by atoms with Gasteiger partial charge in [0.15, 0.2) is 0 Å². The van der Waals surface area contributed by atoms with E-state index in [2.05, 4.69) is 16.0 Å². The highest BCUT2D eigenvalue weighted by Crippen LogP contribution is 2.15. The molecule has 0 atom stereocenters. The van der Waals surface area contributed by atoms with Gasteiger partial charge in [0.1, 0.15) is 0 Å². The van der Waals surface area contributed by atoms with Crippen molar-refractivity contribution in [2.24, 2.45) is 0 Å². The summed E-state index contributed by atoms with van der Waals surface area (Å²) in [5, 5.41) is 8.04. The fourth-order valence-corrected chi connectivity index (χ4v) is 2.51. The molecule has 1 aliphatic heterocycles. The van der Waals surface area contributed by atoms with Crippen LogP contribution in [0.25, 0.3) is 0 Å². The van der Waals surface area contributed by atoms with E-state index in [0.29, 0.717) is 30.9 Å². The second-order valence-corrected chi connectivity index (χ2v) is 5.83. The summed E-state index contributed by atoms with van der Waals surface area (Å²) < 4.78 is 0. The molecule has 1 fully saturated rings. The highest BCUT2D eigenvalue weighted by atomic mass is 16.2. The lowest BCUT2D eigenvalue weighted by atomic mass is 10.2. The van der Waals surface area contributed by atoms with Crippen LogP contribution in [0.2, 0.25) is 0 Å².